The van der Waals surface area contributed by atoms with Crippen LogP contribution in [0, 0.1) is 16.7 Å². The average molecular weight is 263 g/mol. The second-order valence-corrected chi connectivity index (χ2v) is 6.06. The number of carbonyl (C=O) groups is 1. The largest absolute Gasteiger partial charge is 0.340 e. The molecule has 2 fully saturated rings. The fraction of sp³-hybridized carbons (Fsp3) is 0.867. The molecule has 0 spiro atoms. The second kappa shape index (κ2) is 6.38. The molecule has 0 bridgehead atoms. The molecule has 2 rings (SSSR count). The Morgan fingerprint density at radius 2 is 1.68 bits per heavy atom. The normalized spacial score (nSPS) is 25.2. The molecule has 0 N–H and O–H groups in total. The van der Waals surface area contributed by atoms with Gasteiger partial charge in [-0.3, -0.25) is 4.79 Å². The number of hydrogen-bond acceptors (Lipinski definition) is 3. The van der Waals surface area contributed by atoms with Crippen LogP contribution < -0.4 is 0 Å². The predicted molar refractivity (Wildman–Crippen MR) is 74.4 cm³/mol. The zero-order valence-electron chi connectivity index (χ0n) is 12.0. The third-order valence-corrected chi connectivity index (χ3v) is 4.59. The van der Waals surface area contributed by atoms with E-state index in [1.165, 1.54) is 12.8 Å². The van der Waals surface area contributed by atoms with Crippen LogP contribution in [0.3, 0.4) is 0 Å². The summed E-state index contributed by atoms with van der Waals surface area (Å²) in [4.78, 5) is 17.0. The molecule has 1 saturated heterocycles. The number of hydrogen-bond donors (Lipinski definition) is 0. The van der Waals surface area contributed by atoms with E-state index in [0.29, 0.717) is 0 Å². The lowest BCUT2D eigenvalue weighted by atomic mass is 9.80. The Bertz CT molecular complexity index is 353. The summed E-state index contributed by atoms with van der Waals surface area (Å²) in [5.74, 6) is 0.104. The Hall–Kier alpha value is -1.08. The molecule has 0 aromatic rings. The zero-order chi connectivity index (χ0) is 13.7. The number of nitriles is 1. The van der Waals surface area contributed by atoms with Crippen LogP contribution in [0.25, 0.3) is 0 Å². The fourth-order valence-electron chi connectivity index (χ4n) is 3.26. The van der Waals surface area contributed by atoms with Crippen molar-refractivity contribution in [3.05, 3.63) is 0 Å². The number of likely N-dealkylation sites (N-methyl/N-ethyl adjacent to an activating group) is 1. The highest BCUT2D eigenvalue weighted by Crippen LogP contribution is 2.36. The van der Waals surface area contributed by atoms with Crippen molar-refractivity contribution in [2.24, 2.45) is 5.41 Å². The molecular formula is C15H25N3O. The van der Waals surface area contributed by atoms with E-state index in [-0.39, 0.29) is 5.91 Å². The average Bonchev–Trinajstić information content (AvgIpc) is 2.79. The molecule has 0 unspecified atom stereocenters. The van der Waals surface area contributed by atoms with Gasteiger partial charge in [0.2, 0.25) is 5.91 Å². The van der Waals surface area contributed by atoms with Crippen LogP contribution in [0.15, 0.2) is 0 Å². The molecule has 2 aliphatic rings. The minimum absolute atomic E-state index is 0.104. The molecule has 0 aromatic carbocycles. The minimum atomic E-state index is -0.723. The maximum absolute atomic E-state index is 12.8. The van der Waals surface area contributed by atoms with Gasteiger partial charge in [0, 0.05) is 19.6 Å². The highest BCUT2D eigenvalue weighted by molar-refractivity contribution is 5.85. The number of rotatable bonds is 1. The monoisotopic (exact) mass is 263 g/mol. The summed E-state index contributed by atoms with van der Waals surface area (Å²) < 4.78 is 0. The van der Waals surface area contributed by atoms with Gasteiger partial charge < -0.3 is 9.80 Å². The van der Waals surface area contributed by atoms with Crippen LogP contribution >= 0.6 is 0 Å². The summed E-state index contributed by atoms with van der Waals surface area (Å²) in [6.07, 6.45) is 6.91. The molecule has 19 heavy (non-hydrogen) atoms. The lowest BCUT2D eigenvalue weighted by Gasteiger charge is -2.31. The van der Waals surface area contributed by atoms with Crippen molar-refractivity contribution in [2.75, 3.05) is 33.2 Å². The van der Waals surface area contributed by atoms with Gasteiger partial charge in [0.1, 0.15) is 5.41 Å². The first-order chi connectivity index (χ1) is 9.18. The van der Waals surface area contributed by atoms with Crippen LogP contribution in [-0.4, -0.2) is 48.9 Å². The fourth-order valence-corrected chi connectivity index (χ4v) is 3.26. The summed E-state index contributed by atoms with van der Waals surface area (Å²) in [5.41, 5.74) is -0.723. The summed E-state index contributed by atoms with van der Waals surface area (Å²) in [7, 11) is 2.10. The SMILES string of the molecule is CN1CCCN(C(=O)C2(C#N)CCCCCC2)CC1. The Morgan fingerprint density at radius 1 is 1.00 bits per heavy atom. The van der Waals surface area contributed by atoms with E-state index in [2.05, 4.69) is 18.0 Å². The van der Waals surface area contributed by atoms with Crippen LogP contribution in [-0.2, 0) is 4.79 Å². The number of amides is 1. The first-order valence-electron chi connectivity index (χ1n) is 7.57. The van der Waals surface area contributed by atoms with E-state index in [9.17, 15) is 10.1 Å². The Morgan fingerprint density at radius 3 is 2.32 bits per heavy atom. The van der Waals surface area contributed by atoms with Gasteiger partial charge in [0.25, 0.3) is 0 Å². The molecule has 1 aliphatic heterocycles. The molecule has 0 radical (unpaired) electrons. The molecule has 0 aromatic heterocycles. The standard InChI is InChI=1S/C15H25N3O/c1-17-9-6-10-18(12-11-17)14(19)15(13-16)7-4-2-3-5-8-15/h2-12H2,1H3. The topological polar surface area (TPSA) is 47.3 Å². The maximum Gasteiger partial charge on any atom is 0.243 e. The van der Waals surface area contributed by atoms with Crippen LogP contribution in [0.4, 0.5) is 0 Å². The first kappa shape index (κ1) is 14.3. The van der Waals surface area contributed by atoms with E-state index in [4.69, 9.17) is 0 Å². The molecule has 1 aliphatic carbocycles. The minimum Gasteiger partial charge on any atom is -0.340 e. The van der Waals surface area contributed by atoms with Crippen LogP contribution in [0.1, 0.15) is 44.9 Å². The van der Waals surface area contributed by atoms with E-state index >= 15 is 0 Å². The van der Waals surface area contributed by atoms with Gasteiger partial charge in [-0.25, -0.2) is 0 Å². The summed E-state index contributed by atoms with van der Waals surface area (Å²) in [5, 5.41) is 9.58. The van der Waals surface area contributed by atoms with E-state index in [0.717, 1.165) is 58.3 Å². The maximum atomic E-state index is 12.8. The zero-order valence-corrected chi connectivity index (χ0v) is 12.0. The Balaban J connectivity index is 2.09. The second-order valence-electron chi connectivity index (χ2n) is 6.06. The quantitative estimate of drug-likeness (QED) is 0.680. The molecule has 1 saturated carbocycles. The van der Waals surface area contributed by atoms with E-state index < -0.39 is 5.41 Å². The van der Waals surface area contributed by atoms with Crippen molar-refractivity contribution in [3.8, 4) is 6.07 Å². The highest BCUT2D eigenvalue weighted by Gasteiger charge is 2.41. The predicted octanol–water partition coefficient (Wildman–Crippen LogP) is 2.01. The molecular weight excluding hydrogens is 238 g/mol. The molecule has 1 amide bonds. The van der Waals surface area contributed by atoms with Crippen LogP contribution in [0.2, 0.25) is 0 Å². The van der Waals surface area contributed by atoms with Crippen molar-refractivity contribution in [3.63, 3.8) is 0 Å². The number of carbonyl (C=O) groups excluding carboxylic acids is 1. The van der Waals surface area contributed by atoms with E-state index in [1.54, 1.807) is 0 Å². The van der Waals surface area contributed by atoms with Gasteiger partial charge in [-0.15, -0.1) is 0 Å². The van der Waals surface area contributed by atoms with Crippen LogP contribution in [0.5, 0.6) is 0 Å². The van der Waals surface area contributed by atoms with Gasteiger partial charge in [-0.05, 0) is 32.9 Å². The summed E-state index contributed by atoms with van der Waals surface area (Å²) in [6.45, 7) is 3.56. The van der Waals surface area contributed by atoms with Crippen molar-refractivity contribution in [1.82, 2.24) is 9.80 Å². The third-order valence-electron chi connectivity index (χ3n) is 4.59. The molecule has 4 heteroatoms. The Kier molecular flexibility index (Phi) is 4.81. The lowest BCUT2D eigenvalue weighted by Crippen LogP contribution is -2.44. The van der Waals surface area contributed by atoms with E-state index in [1.807, 2.05) is 4.90 Å². The first-order valence-corrected chi connectivity index (χ1v) is 7.57. The molecule has 4 nitrogen and oxygen atoms in total. The Labute approximate surface area is 116 Å². The summed E-state index contributed by atoms with van der Waals surface area (Å²) in [6, 6.07) is 2.38. The molecule has 106 valence electrons. The molecule has 0 atom stereocenters. The lowest BCUT2D eigenvalue weighted by molar-refractivity contribution is -0.139. The third kappa shape index (κ3) is 3.27. The van der Waals surface area contributed by atoms with Crippen molar-refractivity contribution in [2.45, 2.75) is 44.9 Å². The van der Waals surface area contributed by atoms with Crippen molar-refractivity contribution < 1.29 is 4.79 Å². The smallest absolute Gasteiger partial charge is 0.243 e. The van der Waals surface area contributed by atoms with Gasteiger partial charge in [-0.2, -0.15) is 5.26 Å². The van der Waals surface area contributed by atoms with Crippen molar-refractivity contribution >= 4 is 5.91 Å². The van der Waals surface area contributed by atoms with Gasteiger partial charge in [0.05, 0.1) is 6.07 Å². The number of nitrogens with zero attached hydrogens (tertiary/aromatic N) is 3. The summed E-state index contributed by atoms with van der Waals surface area (Å²) >= 11 is 0. The molecule has 1 heterocycles. The van der Waals surface area contributed by atoms with Gasteiger partial charge in [-0.1, -0.05) is 25.7 Å². The van der Waals surface area contributed by atoms with Crippen molar-refractivity contribution in [1.29, 1.82) is 5.26 Å². The van der Waals surface area contributed by atoms with Gasteiger partial charge in [0.15, 0.2) is 0 Å². The van der Waals surface area contributed by atoms with Gasteiger partial charge >= 0.3 is 0 Å². The highest BCUT2D eigenvalue weighted by atomic mass is 16.2.